The smallest absolute Gasteiger partial charge is 0.292 e. The van der Waals surface area contributed by atoms with E-state index in [2.05, 4.69) is 26.0 Å². The summed E-state index contributed by atoms with van der Waals surface area (Å²) in [4.78, 5) is 25.2. The number of rotatable bonds is 1. The molecule has 80 valence electrons. The molecule has 2 rings (SSSR count). The maximum Gasteiger partial charge on any atom is 0.328 e. The van der Waals surface area contributed by atoms with Gasteiger partial charge in [0.1, 0.15) is 5.52 Å². The maximum absolute atomic E-state index is 11.6. The number of nitrogens with one attached hydrogen (secondary N) is 1. The van der Waals surface area contributed by atoms with Crippen LogP contribution in [0.1, 0.15) is 6.92 Å². The van der Waals surface area contributed by atoms with Crippen LogP contribution >= 0.6 is 15.9 Å². The van der Waals surface area contributed by atoms with Gasteiger partial charge in [0.05, 0.1) is 0 Å². The first kappa shape index (κ1) is 10.2. The molecule has 0 aliphatic carbocycles. The quantitative estimate of drug-likeness (QED) is 0.807. The Morgan fingerprint density at radius 3 is 2.67 bits per heavy atom. The summed E-state index contributed by atoms with van der Waals surface area (Å²) in [6.45, 7) is 2.45. The summed E-state index contributed by atoms with van der Waals surface area (Å²) in [5, 5.41) is 4.12. The second-order valence-corrected chi connectivity index (χ2v) is 3.87. The lowest BCUT2D eigenvalue weighted by Gasteiger charge is -1.99. The predicted molar refractivity (Wildman–Crippen MR) is 59.0 cm³/mol. The van der Waals surface area contributed by atoms with Gasteiger partial charge in [0.2, 0.25) is 0 Å². The first-order valence-electron chi connectivity index (χ1n) is 4.41. The van der Waals surface area contributed by atoms with Crippen molar-refractivity contribution in [2.24, 2.45) is 7.05 Å². The number of H-pyrrole nitrogens is 1. The molecule has 1 N–H and O–H groups in total. The Kier molecular flexibility index (Phi) is 2.26. The van der Waals surface area contributed by atoms with Crippen LogP contribution < -0.4 is 11.2 Å². The van der Waals surface area contributed by atoms with E-state index in [9.17, 15) is 9.59 Å². The fourth-order valence-corrected chi connectivity index (χ4v) is 2.16. The summed E-state index contributed by atoms with van der Waals surface area (Å²) in [5.41, 5.74) is 0.0779. The number of nitrogens with zero attached hydrogens (tertiary/aromatic N) is 3. The summed E-state index contributed by atoms with van der Waals surface area (Å²) in [5.74, 6) is 0. The molecule has 0 saturated heterocycles. The van der Waals surface area contributed by atoms with E-state index in [1.807, 2.05) is 6.92 Å². The number of halogens is 1. The Balaban J connectivity index is 3.12. The molecule has 2 aromatic rings. The highest BCUT2D eigenvalue weighted by Gasteiger charge is 2.14. The molecule has 0 aromatic carbocycles. The fourth-order valence-electron chi connectivity index (χ4n) is 1.52. The third kappa shape index (κ3) is 1.34. The lowest BCUT2D eigenvalue weighted by atomic mass is 10.4. The highest BCUT2D eigenvalue weighted by atomic mass is 79.9. The molecule has 0 spiro atoms. The molecule has 2 heterocycles. The van der Waals surface area contributed by atoms with Gasteiger partial charge in [0, 0.05) is 13.6 Å². The topological polar surface area (TPSA) is 72.7 Å². The van der Waals surface area contributed by atoms with Crippen molar-refractivity contribution in [2.45, 2.75) is 13.5 Å². The third-order valence-electron chi connectivity index (χ3n) is 2.26. The molecule has 0 bridgehead atoms. The van der Waals surface area contributed by atoms with Crippen LogP contribution in [0.2, 0.25) is 0 Å². The average Bonchev–Trinajstić information content (AvgIpc) is 2.52. The van der Waals surface area contributed by atoms with Gasteiger partial charge in [-0.1, -0.05) is 0 Å². The Labute approximate surface area is 92.7 Å². The van der Waals surface area contributed by atoms with Gasteiger partial charge < -0.3 is 0 Å². The number of hydrogen-bond acceptors (Lipinski definition) is 3. The molecule has 0 aliphatic heterocycles. The largest absolute Gasteiger partial charge is 0.328 e. The molecule has 2 aromatic heterocycles. The van der Waals surface area contributed by atoms with Crippen molar-refractivity contribution in [2.75, 3.05) is 0 Å². The van der Waals surface area contributed by atoms with Gasteiger partial charge in [-0.3, -0.25) is 19.0 Å². The van der Waals surface area contributed by atoms with Crippen LogP contribution in [-0.2, 0) is 13.6 Å². The lowest BCUT2D eigenvalue weighted by molar-refractivity contribution is 0.675. The third-order valence-corrected chi connectivity index (χ3v) is 2.80. The molecule has 0 radical (unpaired) electrons. The van der Waals surface area contributed by atoms with Crippen molar-refractivity contribution in [1.29, 1.82) is 0 Å². The zero-order chi connectivity index (χ0) is 11.2. The van der Waals surface area contributed by atoms with E-state index in [4.69, 9.17) is 0 Å². The first-order chi connectivity index (χ1) is 7.06. The number of hydrogen-bond donors (Lipinski definition) is 1. The second-order valence-electron chi connectivity index (χ2n) is 3.12. The van der Waals surface area contributed by atoms with Crippen LogP contribution in [0.4, 0.5) is 0 Å². The Hall–Kier alpha value is -1.37. The molecule has 0 fully saturated rings. The number of aromatic nitrogens is 4. The van der Waals surface area contributed by atoms with Gasteiger partial charge in [-0.15, -0.1) is 0 Å². The molecule has 0 atom stereocenters. The highest BCUT2D eigenvalue weighted by Crippen LogP contribution is 2.18. The predicted octanol–water partition coefficient (Wildman–Crippen LogP) is 0.206. The van der Waals surface area contributed by atoms with Crippen molar-refractivity contribution in [3.63, 3.8) is 0 Å². The normalized spacial score (nSPS) is 11.1. The van der Waals surface area contributed by atoms with E-state index in [0.717, 1.165) is 0 Å². The first-order valence-corrected chi connectivity index (χ1v) is 5.21. The minimum absolute atomic E-state index is 0.409. The van der Waals surface area contributed by atoms with Crippen LogP contribution in [0.5, 0.6) is 0 Å². The monoisotopic (exact) mass is 272 g/mol. The van der Waals surface area contributed by atoms with Gasteiger partial charge >= 0.3 is 5.69 Å². The molecule has 15 heavy (non-hydrogen) atoms. The molecular weight excluding hydrogens is 264 g/mol. The second kappa shape index (κ2) is 3.34. The highest BCUT2D eigenvalue weighted by molar-refractivity contribution is 9.10. The van der Waals surface area contributed by atoms with Crippen molar-refractivity contribution < 1.29 is 0 Å². The summed E-state index contributed by atoms with van der Waals surface area (Å²) in [6, 6.07) is 0. The zero-order valence-electron chi connectivity index (χ0n) is 8.24. The number of aromatic amines is 1. The summed E-state index contributed by atoms with van der Waals surface area (Å²) in [6.07, 6.45) is 0. The van der Waals surface area contributed by atoms with Crippen LogP contribution in [0, 0.1) is 0 Å². The molecular formula is C8H9BrN4O2. The molecule has 7 heteroatoms. The molecule has 0 saturated carbocycles. The number of aryl methyl sites for hydroxylation is 2. The minimum atomic E-state index is -0.441. The number of fused-ring (bicyclic) bond motifs is 1. The van der Waals surface area contributed by atoms with E-state index in [-0.39, 0.29) is 0 Å². The molecule has 6 nitrogen and oxygen atoms in total. The van der Waals surface area contributed by atoms with E-state index in [0.29, 0.717) is 22.2 Å². The van der Waals surface area contributed by atoms with E-state index in [1.165, 1.54) is 4.57 Å². The van der Waals surface area contributed by atoms with E-state index in [1.54, 1.807) is 11.7 Å². The van der Waals surface area contributed by atoms with Crippen molar-refractivity contribution in [3.05, 3.63) is 25.4 Å². The summed E-state index contributed by atoms with van der Waals surface area (Å²) >= 11 is 3.23. The van der Waals surface area contributed by atoms with Crippen molar-refractivity contribution in [1.82, 2.24) is 19.3 Å². The van der Waals surface area contributed by atoms with Gasteiger partial charge in [-0.25, -0.2) is 4.79 Å². The van der Waals surface area contributed by atoms with Crippen LogP contribution in [-0.4, -0.2) is 19.3 Å². The Bertz CT molecular complexity index is 636. The van der Waals surface area contributed by atoms with Gasteiger partial charge in [0.25, 0.3) is 5.56 Å². The fraction of sp³-hybridized carbons (Fsp3) is 0.375. The Morgan fingerprint density at radius 2 is 2.07 bits per heavy atom. The van der Waals surface area contributed by atoms with Crippen molar-refractivity contribution >= 4 is 27.0 Å². The van der Waals surface area contributed by atoms with Crippen LogP contribution in [0.25, 0.3) is 11.0 Å². The van der Waals surface area contributed by atoms with E-state index >= 15 is 0 Å². The molecule has 0 unspecified atom stereocenters. The molecule has 0 aliphatic rings. The SMILES string of the molecule is CCn1nc(Br)c2c1c(=O)[nH]c(=O)n2C. The van der Waals surface area contributed by atoms with E-state index < -0.39 is 11.2 Å². The van der Waals surface area contributed by atoms with Crippen molar-refractivity contribution in [3.8, 4) is 0 Å². The standard InChI is InChI=1S/C8H9BrN4O2/c1-3-13-5-4(6(9)11-13)12(2)8(15)10-7(5)14/h3H2,1-2H3,(H,10,14,15). The summed E-state index contributed by atoms with van der Waals surface area (Å²) in [7, 11) is 1.59. The average molecular weight is 273 g/mol. The minimum Gasteiger partial charge on any atom is -0.292 e. The zero-order valence-corrected chi connectivity index (χ0v) is 9.83. The Morgan fingerprint density at radius 1 is 1.40 bits per heavy atom. The van der Waals surface area contributed by atoms with Crippen LogP contribution in [0.15, 0.2) is 14.2 Å². The van der Waals surface area contributed by atoms with Gasteiger partial charge in [-0.2, -0.15) is 5.10 Å². The summed E-state index contributed by atoms with van der Waals surface area (Å²) < 4.78 is 3.42. The van der Waals surface area contributed by atoms with Gasteiger partial charge in [0.15, 0.2) is 10.1 Å². The molecule has 0 amide bonds. The maximum atomic E-state index is 11.6. The lowest BCUT2D eigenvalue weighted by Crippen LogP contribution is -2.29. The van der Waals surface area contributed by atoms with Crippen LogP contribution in [0.3, 0.4) is 0 Å². The van der Waals surface area contributed by atoms with Gasteiger partial charge in [-0.05, 0) is 22.9 Å².